The third kappa shape index (κ3) is 3.29. The van der Waals surface area contributed by atoms with Gasteiger partial charge in [0.2, 0.25) is 5.91 Å². The molecule has 1 fully saturated rings. The highest BCUT2D eigenvalue weighted by molar-refractivity contribution is 7.11. The highest BCUT2D eigenvalue weighted by Gasteiger charge is 2.29. The standard InChI is InChI=1S/C13H21N3OS/c1-9(2)15-11-5-4-6-16(13(11)17)8-12-14-7-10(3)18-12/h7,9,11,15H,4-6,8H2,1-3H3. The van der Waals surface area contributed by atoms with Gasteiger partial charge in [0.25, 0.3) is 0 Å². The zero-order chi connectivity index (χ0) is 13.1. The van der Waals surface area contributed by atoms with Crippen LogP contribution in [0.25, 0.3) is 0 Å². The van der Waals surface area contributed by atoms with E-state index in [1.807, 2.05) is 18.0 Å². The van der Waals surface area contributed by atoms with Gasteiger partial charge in [-0.05, 0) is 19.8 Å². The summed E-state index contributed by atoms with van der Waals surface area (Å²) in [7, 11) is 0. The lowest BCUT2D eigenvalue weighted by Gasteiger charge is -2.33. The lowest BCUT2D eigenvalue weighted by Crippen LogP contribution is -2.51. The Bertz CT molecular complexity index is 416. The van der Waals surface area contributed by atoms with Gasteiger partial charge in [0.15, 0.2) is 0 Å². The maximum Gasteiger partial charge on any atom is 0.240 e. The van der Waals surface area contributed by atoms with Gasteiger partial charge < -0.3 is 10.2 Å². The first-order valence-corrected chi connectivity index (χ1v) is 7.34. The number of carbonyl (C=O) groups is 1. The van der Waals surface area contributed by atoms with Crippen LogP contribution < -0.4 is 5.32 Å². The number of hydrogen-bond acceptors (Lipinski definition) is 4. The minimum atomic E-state index is -0.0141. The first kappa shape index (κ1) is 13.5. The SMILES string of the molecule is Cc1cnc(CN2CCCC(NC(C)C)C2=O)s1. The number of rotatable bonds is 4. The summed E-state index contributed by atoms with van der Waals surface area (Å²) < 4.78 is 0. The molecule has 0 spiro atoms. The van der Waals surface area contributed by atoms with E-state index >= 15 is 0 Å². The van der Waals surface area contributed by atoms with Crippen LogP contribution >= 0.6 is 11.3 Å². The normalized spacial score (nSPS) is 20.8. The van der Waals surface area contributed by atoms with E-state index in [1.165, 1.54) is 4.88 Å². The van der Waals surface area contributed by atoms with Crippen LogP contribution in [-0.2, 0) is 11.3 Å². The number of nitrogens with one attached hydrogen (secondary N) is 1. The van der Waals surface area contributed by atoms with Crippen LogP contribution in [0.4, 0.5) is 0 Å². The number of thiazole rings is 1. The van der Waals surface area contributed by atoms with Crippen molar-refractivity contribution in [2.45, 2.75) is 52.2 Å². The fraction of sp³-hybridized carbons (Fsp3) is 0.692. The zero-order valence-corrected chi connectivity index (χ0v) is 12.1. The summed E-state index contributed by atoms with van der Waals surface area (Å²) in [5.41, 5.74) is 0. The van der Waals surface area contributed by atoms with E-state index in [0.29, 0.717) is 12.6 Å². The Balaban J connectivity index is 1.98. The van der Waals surface area contributed by atoms with Crippen LogP contribution in [0.2, 0.25) is 0 Å². The Morgan fingerprint density at radius 2 is 2.39 bits per heavy atom. The molecule has 2 heterocycles. The molecule has 1 aliphatic rings. The smallest absolute Gasteiger partial charge is 0.240 e. The molecule has 0 radical (unpaired) electrons. The van der Waals surface area contributed by atoms with Crippen molar-refractivity contribution in [2.75, 3.05) is 6.54 Å². The minimum absolute atomic E-state index is 0.0141. The number of amides is 1. The second-order valence-corrected chi connectivity index (χ2v) is 6.46. The Labute approximate surface area is 112 Å². The molecule has 100 valence electrons. The van der Waals surface area contributed by atoms with Gasteiger partial charge in [0.1, 0.15) is 5.01 Å². The summed E-state index contributed by atoms with van der Waals surface area (Å²) in [6.07, 6.45) is 3.89. The molecular weight excluding hydrogens is 246 g/mol. The number of aromatic nitrogens is 1. The molecule has 0 aliphatic carbocycles. The molecule has 1 N–H and O–H groups in total. The highest BCUT2D eigenvalue weighted by atomic mass is 32.1. The monoisotopic (exact) mass is 267 g/mol. The molecule has 0 aromatic carbocycles. The van der Waals surface area contributed by atoms with Crippen molar-refractivity contribution in [2.24, 2.45) is 0 Å². The molecule has 1 amide bonds. The highest BCUT2D eigenvalue weighted by Crippen LogP contribution is 2.18. The maximum atomic E-state index is 12.3. The average Bonchev–Trinajstić information content (AvgIpc) is 2.69. The van der Waals surface area contributed by atoms with Crippen molar-refractivity contribution >= 4 is 17.2 Å². The van der Waals surface area contributed by atoms with E-state index in [-0.39, 0.29) is 11.9 Å². The largest absolute Gasteiger partial charge is 0.335 e. The van der Waals surface area contributed by atoms with Crippen LogP contribution in [0.3, 0.4) is 0 Å². The molecule has 1 atom stereocenters. The Morgan fingerprint density at radius 1 is 1.61 bits per heavy atom. The second kappa shape index (κ2) is 5.80. The zero-order valence-electron chi connectivity index (χ0n) is 11.3. The van der Waals surface area contributed by atoms with E-state index in [2.05, 4.69) is 24.1 Å². The van der Waals surface area contributed by atoms with Gasteiger partial charge in [0.05, 0.1) is 12.6 Å². The average molecular weight is 267 g/mol. The van der Waals surface area contributed by atoms with Crippen molar-refractivity contribution in [3.8, 4) is 0 Å². The molecule has 5 heteroatoms. The molecule has 1 aliphatic heterocycles. The molecule has 1 unspecified atom stereocenters. The number of hydrogen-bond donors (Lipinski definition) is 1. The van der Waals surface area contributed by atoms with E-state index in [9.17, 15) is 4.79 Å². The predicted octanol–water partition coefficient (Wildman–Crippen LogP) is 1.94. The van der Waals surface area contributed by atoms with Crippen molar-refractivity contribution in [1.29, 1.82) is 0 Å². The molecule has 1 aromatic heterocycles. The first-order chi connectivity index (χ1) is 8.56. The molecule has 1 aromatic rings. The van der Waals surface area contributed by atoms with Gasteiger partial charge in [-0.3, -0.25) is 4.79 Å². The van der Waals surface area contributed by atoms with Crippen LogP contribution in [-0.4, -0.2) is 34.4 Å². The Hall–Kier alpha value is -0.940. The van der Waals surface area contributed by atoms with Crippen molar-refractivity contribution < 1.29 is 4.79 Å². The fourth-order valence-electron chi connectivity index (χ4n) is 2.29. The first-order valence-electron chi connectivity index (χ1n) is 6.52. The summed E-state index contributed by atoms with van der Waals surface area (Å²) in [6, 6.07) is 0.334. The molecular formula is C13H21N3OS. The van der Waals surface area contributed by atoms with E-state index < -0.39 is 0 Å². The van der Waals surface area contributed by atoms with Crippen LogP contribution in [0.15, 0.2) is 6.20 Å². The Kier molecular flexibility index (Phi) is 4.35. The van der Waals surface area contributed by atoms with E-state index in [4.69, 9.17) is 0 Å². The summed E-state index contributed by atoms with van der Waals surface area (Å²) >= 11 is 1.67. The van der Waals surface area contributed by atoms with Crippen molar-refractivity contribution in [3.63, 3.8) is 0 Å². The van der Waals surface area contributed by atoms with Gasteiger partial charge >= 0.3 is 0 Å². The quantitative estimate of drug-likeness (QED) is 0.907. The number of likely N-dealkylation sites (tertiary alicyclic amines) is 1. The van der Waals surface area contributed by atoms with Crippen LogP contribution in [0.1, 0.15) is 36.6 Å². The number of aryl methyl sites for hydroxylation is 1. The molecule has 2 rings (SSSR count). The molecule has 0 bridgehead atoms. The molecule has 0 saturated carbocycles. The summed E-state index contributed by atoms with van der Waals surface area (Å²) in [5, 5.41) is 4.38. The lowest BCUT2D eigenvalue weighted by molar-refractivity contribution is -0.136. The third-order valence-corrected chi connectivity index (χ3v) is 3.96. The topological polar surface area (TPSA) is 45.2 Å². The molecule has 4 nitrogen and oxygen atoms in total. The predicted molar refractivity (Wildman–Crippen MR) is 73.6 cm³/mol. The van der Waals surface area contributed by atoms with Gasteiger partial charge in [-0.1, -0.05) is 13.8 Å². The Morgan fingerprint density at radius 3 is 3.00 bits per heavy atom. The van der Waals surface area contributed by atoms with Crippen molar-refractivity contribution in [3.05, 3.63) is 16.1 Å². The maximum absolute atomic E-state index is 12.3. The number of carbonyl (C=O) groups excluding carboxylic acids is 1. The number of piperidine rings is 1. The molecule has 18 heavy (non-hydrogen) atoms. The molecule has 1 saturated heterocycles. The summed E-state index contributed by atoms with van der Waals surface area (Å²) in [6.45, 7) is 7.72. The van der Waals surface area contributed by atoms with Gasteiger partial charge in [-0.25, -0.2) is 4.98 Å². The minimum Gasteiger partial charge on any atom is -0.335 e. The van der Waals surface area contributed by atoms with Crippen LogP contribution in [0.5, 0.6) is 0 Å². The van der Waals surface area contributed by atoms with E-state index in [1.54, 1.807) is 11.3 Å². The third-order valence-electron chi connectivity index (χ3n) is 3.06. The fourth-order valence-corrected chi connectivity index (χ4v) is 3.09. The summed E-state index contributed by atoms with van der Waals surface area (Å²) in [5.74, 6) is 0.225. The van der Waals surface area contributed by atoms with E-state index in [0.717, 1.165) is 24.4 Å². The number of nitrogens with zero attached hydrogens (tertiary/aromatic N) is 2. The lowest BCUT2D eigenvalue weighted by atomic mass is 10.0. The summed E-state index contributed by atoms with van der Waals surface area (Å²) in [4.78, 5) is 19.8. The van der Waals surface area contributed by atoms with Crippen LogP contribution in [0, 0.1) is 6.92 Å². The van der Waals surface area contributed by atoms with Gasteiger partial charge in [-0.15, -0.1) is 11.3 Å². The van der Waals surface area contributed by atoms with Gasteiger partial charge in [-0.2, -0.15) is 0 Å². The second-order valence-electron chi connectivity index (χ2n) is 5.14. The van der Waals surface area contributed by atoms with Gasteiger partial charge in [0, 0.05) is 23.7 Å². The van der Waals surface area contributed by atoms with Crippen molar-refractivity contribution in [1.82, 2.24) is 15.2 Å².